The molecule has 160 valence electrons. The number of carbonyl (C=O) groups is 1. The van der Waals surface area contributed by atoms with Gasteiger partial charge in [-0.1, -0.05) is 47.1 Å². The first kappa shape index (κ1) is 19.1. The number of nitrogens with one attached hydrogen (secondary N) is 1. The van der Waals surface area contributed by atoms with Gasteiger partial charge in [0.15, 0.2) is 11.5 Å². The number of anilines is 3. The summed E-state index contributed by atoms with van der Waals surface area (Å²) in [5.74, 6) is 0.700. The molecule has 1 aromatic heterocycles. The molecule has 0 saturated carbocycles. The zero-order valence-electron chi connectivity index (χ0n) is 18.6. The minimum Gasteiger partial charge on any atom is -0.370 e. The fraction of sp³-hybridized carbons (Fsp3) is 0.259. The van der Waals surface area contributed by atoms with Crippen molar-refractivity contribution in [1.29, 1.82) is 0 Å². The Morgan fingerprint density at radius 1 is 0.969 bits per heavy atom. The van der Waals surface area contributed by atoms with Crippen molar-refractivity contribution in [3.63, 3.8) is 0 Å². The van der Waals surface area contributed by atoms with Crippen molar-refractivity contribution < 1.29 is 9.32 Å². The molecule has 1 saturated heterocycles. The quantitative estimate of drug-likeness (QED) is 0.369. The van der Waals surface area contributed by atoms with Crippen molar-refractivity contribution in [1.82, 2.24) is 5.16 Å². The van der Waals surface area contributed by atoms with Crippen LogP contribution in [0.25, 0.3) is 22.2 Å². The van der Waals surface area contributed by atoms with Gasteiger partial charge in [-0.25, -0.2) is 0 Å². The monoisotopic (exact) mass is 423 g/mol. The van der Waals surface area contributed by atoms with E-state index in [9.17, 15) is 4.79 Å². The number of rotatable bonds is 3. The van der Waals surface area contributed by atoms with Crippen molar-refractivity contribution in [2.24, 2.45) is 0 Å². The molecular formula is C27H25N3O2. The number of aryl methyl sites for hydroxylation is 3. The summed E-state index contributed by atoms with van der Waals surface area (Å²) in [5, 5.41) is 8.93. The number of nitrogens with zero attached hydrogens (tertiary/aromatic N) is 2. The van der Waals surface area contributed by atoms with Gasteiger partial charge in [0, 0.05) is 29.9 Å². The second-order valence-electron chi connectivity index (χ2n) is 9.02. The minimum atomic E-state index is 0.0131. The predicted molar refractivity (Wildman–Crippen MR) is 128 cm³/mol. The van der Waals surface area contributed by atoms with Crippen LogP contribution in [0.3, 0.4) is 0 Å². The molecule has 0 bridgehead atoms. The van der Waals surface area contributed by atoms with E-state index in [-0.39, 0.29) is 5.78 Å². The minimum absolute atomic E-state index is 0.0131. The maximum atomic E-state index is 13.7. The average Bonchev–Trinajstić information content (AvgIpc) is 3.45. The number of carbonyl (C=O) groups excluding carboxylic acids is 1. The first-order chi connectivity index (χ1) is 15.5. The summed E-state index contributed by atoms with van der Waals surface area (Å²) in [6.07, 6.45) is 2.32. The molecule has 0 amide bonds. The van der Waals surface area contributed by atoms with Crippen LogP contribution in [-0.2, 0) is 0 Å². The lowest BCUT2D eigenvalue weighted by Gasteiger charge is -2.24. The Kier molecular flexibility index (Phi) is 4.15. The summed E-state index contributed by atoms with van der Waals surface area (Å²) in [7, 11) is 0. The van der Waals surface area contributed by atoms with E-state index in [0.717, 1.165) is 70.6 Å². The predicted octanol–water partition coefficient (Wildman–Crippen LogP) is 6.31. The summed E-state index contributed by atoms with van der Waals surface area (Å²) in [4.78, 5) is 16.1. The van der Waals surface area contributed by atoms with Gasteiger partial charge in [-0.3, -0.25) is 4.79 Å². The molecular weight excluding hydrogens is 398 g/mol. The van der Waals surface area contributed by atoms with Crippen molar-refractivity contribution in [2.75, 3.05) is 23.3 Å². The SMILES string of the molecule is Cc1cc(C)c(Nc2cc(N3CCCC3)c3noc4c3c2C(=O)c2ccccc2-4)c(C)c1. The molecule has 6 rings (SSSR count). The molecule has 5 nitrogen and oxygen atoms in total. The Morgan fingerprint density at radius 2 is 1.66 bits per heavy atom. The van der Waals surface area contributed by atoms with Crippen LogP contribution in [0.2, 0.25) is 0 Å². The number of ketones is 1. The standard InChI is InChI=1S/C27H25N3O2/c1-15-12-16(2)24(17(3)13-15)28-20-14-21(30-10-6-7-11-30)25-23-22(20)26(31)18-8-4-5-9-19(18)27(23)32-29-25/h4-5,8-9,12-14,28H,6-7,10-11H2,1-3H3. The Hall–Kier alpha value is -3.60. The lowest BCUT2D eigenvalue weighted by Crippen LogP contribution is -2.19. The maximum absolute atomic E-state index is 13.7. The van der Waals surface area contributed by atoms with Crippen molar-refractivity contribution in [3.05, 3.63) is 70.3 Å². The Morgan fingerprint density at radius 3 is 2.38 bits per heavy atom. The molecule has 3 aromatic carbocycles. The van der Waals surface area contributed by atoms with E-state index in [0.29, 0.717) is 16.9 Å². The number of hydrogen-bond donors (Lipinski definition) is 1. The molecule has 2 heterocycles. The summed E-state index contributed by atoms with van der Waals surface area (Å²) in [5.41, 5.74) is 9.35. The third kappa shape index (κ3) is 2.70. The smallest absolute Gasteiger partial charge is 0.196 e. The molecule has 2 aliphatic rings. The molecule has 1 N–H and O–H groups in total. The summed E-state index contributed by atoms with van der Waals surface area (Å²) in [6, 6.07) is 14.1. The van der Waals surface area contributed by atoms with Crippen molar-refractivity contribution >= 4 is 33.7 Å². The molecule has 0 unspecified atom stereocenters. The van der Waals surface area contributed by atoms with E-state index < -0.39 is 0 Å². The molecule has 1 aliphatic heterocycles. The third-order valence-electron chi connectivity index (χ3n) is 6.76. The molecule has 1 aliphatic carbocycles. The van der Waals surface area contributed by atoms with Crippen LogP contribution in [-0.4, -0.2) is 24.0 Å². The maximum Gasteiger partial charge on any atom is 0.196 e. The fourth-order valence-electron chi connectivity index (χ4n) is 5.35. The molecule has 5 heteroatoms. The summed E-state index contributed by atoms with van der Waals surface area (Å²) >= 11 is 0. The normalized spacial score (nSPS) is 14.8. The third-order valence-corrected chi connectivity index (χ3v) is 6.76. The fourth-order valence-corrected chi connectivity index (χ4v) is 5.35. The average molecular weight is 424 g/mol. The van der Waals surface area contributed by atoms with Crippen LogP contribution in [0, 0.1) is 20.8 Å². The van der Waals surface area contributed by atoms with Gasteiger partial charge < -0.3 is 14.7 Å². The highest BCUT2D eigenvalue weighted by molar-refractivity contribution is 6.28. The van der Waals surface area contributed by atoms with Crippen molar-refractivity contribution in [3.8, 4) is 11.3 Å². The van der Waals surface area contributed by atoms with Gasteiger partial charge in [-0.15, -0.1) is 0 Å². The molecule has 0 radical (unpaired) electrons. The first-order valence-electron chi connectivity index (χ1n) is 11.2. The zero-order valence-corrected chi connectivity index (χ0v) is 18.6. The number of hydrogen-bond acceptors (Lipinski definition) is 5. The largest absolute Gasteiger partial charge is 0.370 e. The van der Waals surface area contributed by atoms with E-state index in [1.54, 1.807) is 0 Å². The summed E-state index contributed by atoms with van der Waals surface area (Å²) < 4.78 is 5.88. The topological polar surface area (TPSA) is 58.4 Å². The van der Waals surface area contributed by atoms with E-state index in [4.69, 9.17) is 4.52 Å². The lowest BCUT2D eigenvalue weighted by molar-refractivity contribution is 0.104. The molecule has 4 aromatic rings. The Balaban J connectivity index is 1.64. The Bertz CT molecular complexity index is 1390. The van der Waals surface area contributed by atoms with Gasteiger partial charge in [-0.05, 0) is 50.8 Å². The van der Waals surface area contributed by atoms with E-state index in [1.807, 2.05) is 24.3 Å². The number of fused-ring (bicyclic) bond motifs is 2. The lowest BCUT2D eigenvalue weighted by atomic mass is 9.86. The summed E-state index contributed by atoms with van der Waals surface area (Å²) in [6.45, 7) is 8.30. The molecule has 32 heavy (non-hydrogen) atoms. The highest BCUT2D eigenvalue weighted by atomic mass is 16.5. The van der Waals surface area contributed by atoms with Gasteiger partial charge >= 0.3 is 0 Å². The molecule has 1 fully saturated rings. The zero-order chi connectivity index (χ0) is 22.0. The van der Waals surface area contributed by atoms with E-state index >= 15 is 0 Å². The molecule has 0 atom stereocenters. The first-order valence-corrected chi connectivity index (χ1v) is 11.2. The van der Waals surface area contributed by atoms with Gasteiger partial charge in [0.2, 0.25) is 0 Å². The van der Waals surface area contributed by atoms with Crippen LogP contribution in [0.4, 0.5) is 17.1 Å². The Labute approximate surface area is 187 Å². The molecule has 0 spiro atoms. The van der Waals surface area contributed by atoms with Crippen molar-refractivity contribution in [2.45, 2.75) is 33.6 Å². The highest BCUT2D eigenvalue weighted by Crippen LogP contribution is 2.47. The second kappa shape index (κ2) is 6.95. The van der Waals surface area contributed by atoms with Gasteiger partial charge in [-0.2, -0.15) is 0 Å². The van der Waals surface area contributed by atoms with Crippen LogP contribution >= 0.6 is 0 Å². The number of aromatic nitrogens is 1. The van der Waals surface area contributed by atoms with Crippen LogP contribution in [0.15, 0.2) is 47.0 Å². The van der Waals surface area contributed by atoms with Crippen LogP contribution in [0.5, 0.6) is 0 Å². The number of benzene rings is 3. The van der Waals surface area contributed by atoms with Gasteiger partial charge in [0.05, 0.1) is 22.3 Å². The van der Waals surface area contributed by atoms with Gasteiger partial charge in [0.1, 0.15) is 5.52 Å². The van der Waals surface area contributed by atoms with E-state index in [2.05, 4.69) is 54.3 Å². The van der Waals surface area contributed by atoms with E-state index in [1.165, 1.54) is 5.56 Å². The second-order valence-corrected chi connectivity index (χ2v) is 9.02. The van der Waals surface area contributed by atoms with Crippen LogP contribution in [0.1, 0.15) is 45.5 Å². The van der Waals surface area contributed by atoms with Gasteiger partial charge in [0.25, 0.3) is 0 Å². The highest BCUT2D eigenvalue weighted by Gasteiger charge is 2.34. The van der Waals surface area contributed by atoms with Crippen LogP contribution < -0.4 is 10.2 Å².